The third-order valence-corrected chi connectivity index (χ3v) is 4.67. The van der Waals surface area contributed by atoms with Crippen LogP contribution in [0, 0.1) is 11.8 Å². The van der Waals surface area contributed by atoms with E-state index < -0.39 is 29.7 Å². The second kappa shape index (κ2) is 13.2. The maximum absolute atomic E-state index is 12.5. The van der Waals surface area contributed by atoms with Crippen LogP contribution < -0.4 is 5.73 Å². The smallest absolute Gasteiger partial charge is 0.330 e. The van der Waals surface area contributed by atoms with Gasteiger partial charge in [0.25, 0.3) is 0 Å². The third-order valence-electron chi connectivity index (χ3n) is 4.67. The second-order valence-electron chi connectivity index (χ2n) is 9.50. The highest BCUT2D eigenvalue weighted by Gasteiger charge is 2.24. The molecule has 0 bridgehead atoms. The molecule has 0 aliphatic rings. The van der Waals surface area contributed by atoms with E-state index in [0.717, 1.165) is 11.1 Å². The fourth-order valence-corrected chi connectivity index (χ4v) is 2.97. The molecule has 0 unspecified atom stereocenters. The Hall–Kier alpha value is -2.44. The van der Waals surface area contributed by atoms with Gasteiger partial charge in [-0.05, 0) is 44.2 Å². The number of benzene rings is 1. The van der Waals surface area contributed by atoms with Gasteiger partial charge in [0.1, 0.15) is 17.7 Å². The minimum atomic E-state index is -0.686. The van der Waals surface area contributed by atoms with Crippen LogP contribution >= 0.6 is 0 Å². The quantitative estimate of drug-likeness (QED) is 0.387. The molecular formula is C26H39NO5. The van der Waals surface area contributed by atoms with Crippen molar-refractivity contribution in [2.45, 2.75) is 78.7 Å². The number of hydrogen-bond acceptors (Lipinski definition) is 6. The van der Waals surface area contributed by atoms with E-state index >= 15 is 0 Å². The summed E-state index contributed by atoms with van der Waals surface area (Å²) in [5, 5.41) is 9.17. The highest BCUT2D eigenvalue weighted by molar-refractivity contribution is 5.82. The van der Waals surface area contributed by atoms with Crippen molar-refractivity contribution in [2.75, 3.05) is 0 Å². The first-order valence-electron chi connectivity index (χ1n) is 11.1. The summed E-state index contributed by atoms with van der Waals surface area (Å²) in [4.78, 5) is 24.5. The van der Waals surface area contributed by atoms with Crippen LogP contribution in [-0.2, 0) is 25.7 Å². The Morgan fingerprint density at radius 2 is 1.75 bits per heavy atom. The number of aliphatic hydroxyl groups excluding tert-OH is 1. The molecule has 0 aliphatic heterocycles. The molecule has 0 aliphatic carbocycles. The van der Waals surface area contributed by atoms with E-state index in [0.29, 0.717) is 12.8 Å². The molecule has 0 heterocycles. The van der Waals surface area contributed by atoms with Crippen LogP contribution in [0.3, 0.4) is 0 Å². The minimum absolute atomic E-state index is 0.000954. The lowest BCUT2D eigenvalue weighted by molar-refractivity contribution is -0.152. The molecule has 6 heteroatoms. The molecule has 1 aromatic rings. The van der Waals surface area contributed by atoms with E-state index in [-0.39, 0.29) is 18.4 Å². The maximum Gasteiger partial charge on any atom is 0.330 e. The van der Waals surface area contributed by atoms with Crippen molar-refractivity contribution >= 4 is 18.0 Å². The van der Waals surface area contributed by atoms with Gasteiger partial charge in [0, 0.05) is 18.4 Å². The first-order chi connectivity index (χ1) is 14.9. The van der Waals surface area contributed by atoms with E-state index in [4.69, 9.17) is 15.2 Å². The molecule has 0 fully saturated rings. The van der Waals surface area contributed by atoms with Crippen LogP contribution in [0.15, 0.2) is 42.5 Å². The first-order valence-corrected chi connectivity index (χ1v) is 11.1. The standard InChI is InChI=1S/C26H39NO5/c1-18(2)16-22(27)25(30)31-23(8-7-9-24(29)32-26(4,5)6)19(3)10-11-20-12-14-21(17-28)15-13-20/h7,9-15,18-19,22-23,28H,8,16-17,27H2,1-6H3/b9-7+,11-10+/t19-,22+,23+/m1/s1. The zero-order valence-electron chi connectivity index (χ0n) is 20.2. The molecule has 3 N–H and O–H groups in total. The van der Waals surface area contributed by atoms with Crippen molar-refractivity contribution in [3.63, 3.8) is 0 Å². The van der Waals surface area contributed by atoms with Gasteiger partial charge in [0.05, 0.1) is 6.61 Å². The van der Waals surface area contributed by atoms with Crippen LogP contribution in [0.1, 0.15) is 65.5 Å². The van der Waals surface area contributed by atoms with Crippen molar-refractivity contribution < 1.29 is 24.2 Å². The molecule has 0 spiro atoms. The number of nitrogens with two attached hydrogens (primary N) is 1. The monoisotopic (exact) mass is 445 g/mol. The van der Waals surface area contributed by atoms with E-state index in [1.54, 1.807) is 26.8 Å². The molecule has 6 nitrogen and oxygen atoms in total. The molecule has 1 aromatic carbocycles. The first kappa shape index (κ1) is 27.6. The molecule has 32 heavy (non-hydrogen) atoms. The van der Waals surface area contributed by atoms with Crippen LogP contribution in [0.25, 0.3) is 6.08 Å². The Morgan fingerprint density at radius 1 is 1.12 bits per heavy atom. The van der Waals surface area contributed by atoms with Crippen molar-refractivity contribution in [3.05, 3.63) is 53.6 Å². The zero-order valence-corrected chi connectivity index (χ0v) is 20.2. The largest absolute Gasteiger partial charge is 0.460 e. The van der Waals surface area contributed by atoms with E-state index in [1.807, 2.05) is 57.2 Å². The summed E-state index contributed by atoms with van der Waals surface area (Å²) < 4.78 is 11.0. The number of carbonyl (C=O) groups excluding carboxylic acids is 2. The predicted octanol–water partition coefficient (Wildman–Crippen LogP) is 4.40. The van der Waals surface area contributed by atoms with Crippen LogP contribution in [0.4, 0.5) is 0 Å². The Labute approximate surface area is 192 Å². The lowest BCUT2D eigenvalue weighted by Gasteiger charge is -2.23. The van der Waals surface area contributed by atoms with E-state index in [1.165, 1.54) is 6.08 Å². The molecule has 0 amide bonds. The number of carbonyl (C=O) groups is 2. The van der Waals surface area contributed by atoms with Crippen LogP contribution in [-0.4, -0.2) is 34.8 Å². The van der Waals surface area contributed by atoms with Gasteiger partial charge in [-0.1, -0.05) is 63.3 Å². The van der Waals surface area contributed by atoms with E-state index in [9.17, 15) is 14.7 Å². The maximum atomic E-state index is 12.5. The summed E-state index contributed by atoms with van der Waals surface area (Å²) in [7, 11) is 0. The number of esters is 2. The van der Waals surface area contributed by atoms with Crippen molar-refractivity contribution in [2.24, 2.45) is 17.6 Å². The summed E-state index contributed by atoms with van der Waals surface area (Å²) in [6.45, 7) is 11.4. The Balaban J connectivity index is 2.89. The van der Waals surface area contributed by atoms with Crippen molar-refractivity contribution in [1.82, 2.24) is 0 Å². The minimum Gasteiger partial charge on any atom is -0.460 e. The molecule has 178 valence electrons. The van der Waals surface area contributed by atoms with Gasteiger partial charge in [0.15, 0.2) is 0 Å². The van der Waals surface area contributed by atoms with Gasteiger partial charge in [-0.15, -0.1) is 0 Å². The van der Waals surface area contributed by atoms with Crippen LogP contribution in [0.2, 0.25) is 0 Å². The Bertz CT molecular complexity index is 774. The topological polar surface area (TPSA) is 98.9 Å². The molecule has 0 saturated carbocycles. The number of aliphatic hydroxyl groups is 1. The Morgan fingerprint density at radius 3 is 2.28 bits per heavy atom. The molecule has 3 atom stereocenters. The summed E-state index contributed by atoms with van der Waals surface area (Å²) in [5.41, 5.74) is 7.24. The van der Waals surface area contributed by atoms with Gasteiger partial charge in [-0.25, -0.2) is 4.79 Å². The summed E-state index contributed by atoms with van der Waals surface area (Å²) >= 11 is 0. The fourth-order valence-electron chi connectivity index (χ4n) is 2.97. The summed E-state index contributed by atoms with van der Waals surface area (Å²) in [6, 6.07) is 6.86. The van der Waals surface area contributed by atoms with Gasteiger partial charge in [-0.2, -0.15) is 0 Å². The van der Waals surface area contributed by atoms with Crippen LogP contribution in [0.5, 0.6) is 0 Å². The van der Waals surface area contributed by atoms with Gasteiger partial charge < -0.3 is 20.3 Å². The van der Waals surface area contributed by atoms with Gasteiger partial charge >= 0.3 is 11.9 Å². The highest BCUT2D eigenvalue weighted by atomic mass is 16.6. The molecule has 0 aromatic heterocycles. The number of rotatable bonds is 11. The van der Waals surface area contributed by atoms with Crippen molar-refractivity contribution in [1.29, 1.82) is 0 Å². The lowest BCUT2D eigenvalue weighted by atomic mass is 9.99. The average molecular weight is 446 g/mol. The van der Waals surface area contributed by atoms with E-state index in [2.05, 4.69) is 0 Å². The average Bonchev–Trinajstić information content (AvgIpc) is 2.69. The number of hydrogen-bond donors (Lipinski definition) is 2. The summed E-state index contributed by atoms with van der Waals surface area (Å²) in [5.74, 6) is -0.721. The SMILES string of the molecule is CC(C)C[C@H](N)C(=O)O[C@@H](C/C=C/C(=O)OC(C)(C)C)[C@H](C)/C=C/c1ccc(CO)cc1. The predicted molar refractivity (Wildman–Crippen MR) is 127 cm³/mol. The molecule has 1 rings (SSSR count). The Kier molecular flexibility index (Phi) is 11.4. The fraction of sp³-hybridized carbons (Fsp3) is 0.538. The second-order valence-corrected chi connectivity index (χ2v) is 9.50. The molecule has 0 saturated heterocycles. The normalized spacial score (nSPS) is 15.2. The molecular weight excluding hydrogens is 406 g/mol. The van der Waals surface area contributed by atoms with Gasteiger partial charge in [0.2, 0.25) is 0 Å². The zero-order chi connectivity index (χ0) is 24.3. The lowest BCUT2D eigenvalue weighted by Crippen LogP contribution is -2.37. The number of ether oxygens (including phenoxy) is 2. The molecule has 0 radical (unpaired) electrons. The third kappa shape index (κ3) is 11.3. The highest BCUT2D eigenvalue weighted by Crippen LogP contribution is 2.18. The van der Waals surface area contributed by atoms with Crippen molar-refractivity contribution in [3.8, 4) is 0 Å². The summed E-state index contributed by atoms with van der Waals surface area (Å²) in [6.07, 6.45) is 7.35. The van der Waals surface area contributed by atoms with Gasteiger partial charge in [-0.3, -0.25) is 4.79 Å².